The van der Waals surface area contributed by atoms with E-state index in [1.54, 1.807) is 11.3 Å². The molecule has 1 fully saturated rings. The van der Waals surface area contributed by atoms with Gasteiger partial charge in [0.15, 0.2) is 5.01 Å². The Kier molecular flexibility index (Phi) is 9.13. The van der Waals surface area contributed by atoms with Crippen molar-refractivity contribution in [2.75, 3.05) is 6.61 Å². The van der Waals surface area contributed by atoms with Gasteiger partial charge in [-0.25, -0.2) is 0 Å². The number of nitrogens with zero attached hydrogens (tertiary/aromatic N) is 3. The molecule has 1 aliphatic carbocycles. The first-order valence-corrected chi connectivity index (χ1v) is 14.2. The molecule has 200 valence electrons. The molecular formula is C29H39N3O4S. The van der Waals surface area contributed by atoms with Crippen LogP contribution in [0.4, 0.5) is 0 Å². The minimum Gasteiger partial charge on any atom is -0.460 e. The molecule has 0 saturated heterocycles. The molecule has 37 heavy (non-hydrogen) atoms. The van der Waals surface area contributed by atoms with E-state index < -0.39 is 5.60 Å². The maximum atomic E-state index is 12.9. The van der Waals surface area contributed by atoms with Crippen molar-refractivity contribution in [3.8, 4) is 10.8 Å². The van der Waals surface area contributed by atoms with Gasteiger partial charge in [-0.15, -0.1) is 10.2 Å². The van der Waals surface area contributed by atoms with Gasteiger partial charge in [0.25, 0.3) is 0 Å². The number of carbonyl (C=O) groups is 1. The normalized spacial score (nSPS) is 14.8. The molecule has 8 heteroatoms. The highest BCUT2D eigenvalue weighted by Crippen LogP contribution is 2.49. The van der Waals surface area contributed by atoms with Crippen LogP contribution < -0.4 is 0 Å². The topological polar surface area (TPSA) is 87.3 Å². The number of esters is 1. The standard InChI is InChI=1S/C29H39N3O4S/c1-19(2)16-23-30-31-28(37-23)27-25(21-13-14-21)26(32-36-27)22(17-24(33)35-29(3,4)5)12-9-15-34-18-20-10-7-6-8-11-20/h6-8,10-11,19,21-22H,9,12-18H2,1-5H3/t22-/m0/s1. The Balaban J connectivity index is 1.50. The largest absolute Gasteiger partial charge is 0.460 e. The predicted molar refractivity (Wildman–Crippen MR) is 144 cm³/mol. The van der Waals surface area contributed by atoms with Crippen molar-refractivity contribution in [1.82, 2.24) is 15.4 Å². The molecule has 3 aromatic rings. The Hall–Kier alpha value is -2.58. The van der Waals surface area contributed by atoms with Crippen LogP contribution in [0.5, 0.6) is 0 Å². The van der Waals surface area contributed by atoms with Crippen molar-refractivity contribution in [3.05, 3.63) is 52.2 Å². The lowest BCUT2D eigenvalue weighted by atomic mass is 9.91. The number of hydrogen-bond donors (Lipinski definition) is 0. The van der Waals surface area contributed by atoms with E-state index in [4.69, 9.17) is 14.0 Å². The van der Waals surface area contributed by atoms with Gasteiger partial charge in [-0.05, 0) is 63.9 Å². The minimum absolute atomic E-state index is 0.105. The van der Waals surface area contributed by atoms with Gasteiger partial charge in [-0.1, -0.05) is 60.7 Å². The molecule has 0 bridgehead atoms. The highest BCUT2D eigenvalue weighted by molar-refractivity contribution is 7.14. The van der Waals surface area contributed by atoms with Crippen LogP contribution in [0.25, 0.3) is 10.8 Å². The van der Waals surface area contributed by atoms with Gasteiger partial charge in [0.1, 0.15) is 10.6 Å². The summed E-state index contributed by atoms with van der Waals surface area (Å²) in [5, 5.41) is 15.1. The molecule has 0 N–H and O–H groups in total. The molecule has 1 aliphatic rings. The SMILES string of the molecule is CC(C)Cc1nnc(-c2onc([C@@H](CCCOCc3ccccc3)CC(=O)OC(C)(C)C)c2C2CC2)s1. The van der Waals surface area contributed by atoms with E-state index >= 15 is 0 Å². The van der Waals surface area contributed by atoms with Crippen molar-refractivity contribution in [3.63, 3.8) is 0 Å². The lowest BCUT2D eigenvalue weighted by Gasteiger charge is -2.22. The third-order valence-corrected chi connectivity index (χ3v) is 7.10. The van der Waals surface area contributed by atoms with Gasteiger partial charge in [0, 0.05) is 24.5 Å². The van der Waals surface area contributed by atoms with Crippen molar-refractivity contribution < 1.29 is 18.8 Å². The maximum Gasteiger partial charge on any atom is 0.306 e. The quantitative estimate of drug-likeness (QED) is 0.174. The summed E-state index contributed by atoms with van der Waals surface area (Å²) in [7, 11) is 0. The average molecular weight is 526 g/mol. The van der Waals surface area contributed by atoms with Gasteiger partial charge in [0.05, 0.1) is 18.7 Å². The number of aromatic nitrogens is 3. The summed E-state index contributed by atoms with van der Waals surface area (Å²) in [4.78, 5) is 12.9. The summed E-state index contributed by atoms with van der Waals surface area (Å²) >= 11 is 1.58. The zero-order valence-electron chi connectivity index (χ0n) is 22.7. The molecular weight excluding hydrogens is 486 g/mol. The number of carbonyl (C=O) groups excluding carboxylic acids is 1. The summed E-state index contributed by atoms with van der Waals surface area (Å²) in [5.74, 6) is 1.30. The third kappa shape index (κ3) is 8.20. The Bertz CT molecular complexity index is 1150. The van der Waals surface area contributed by atoms with E-state index in [1.165, 1.54) is 0 Å². The molecule has 1 aromatic carbocycles. The van der Waals surface area contributed by atoms with E-state index in [0.717, 1.165) is 64.7 Å². The Morgan fingerprint density at radius 1 is 1.16 bits per heavy atom. The van der Waals surface area contributed by atoms with Crippen LogP contribution in [0.2, 0.25) is 0 Å². The fourth-order valence-corrected chi connectivity index (χ4v) is 5.46. The van der Waals surface area contributed by atoms with Crippen molar-refractivity contribution in [2.45, 2.75) is 97.2 Å². The second-order valence-electron chi connectivity index (χ2n) is 11.4. The van der Waals surface area contributed by atoms with Crippen molar-refractivity contribution in [1.29, 1.82) is 0 Å². The maximum absolute atomic E-state index is 12.9. The number of ether oxygens (including phenoxy) is 2. The summed E-state index contributed by atoms with van der Waals surface area (Å²) in [5.41, 5.74) is 2.59. The van der Waals surface area contributed by atoms with E-state index in [9.17, 15) is 4.79 Å². The van der Waals surface area contributed by atoms with Crippen LogP contribution in [0.3, 0.4) is 0 Å². The van der Waals surface area contributed by atoms with E-state index in [2.05, 4.69) is 41.3 Å². The molecule has 2 aromatic heterocycles. The molecule has 0 aliphatic heterocycles. The first kappa shape index (κ1) is 27.5. The molecule has 0 spiro atoms. The van der Waals surface area contributed by atoms with E-state index in [-0.39, 0.29) is 18.3 Å². The second-order valence-corrected chi connectivity index (χ2v) is 12.4. The molecule has 7 nitrogen and oxygen atoms in total. The Labute approximate surface area is 224 Å². The van der Waals surface area contributed by atoms with Gasteiger partial charge >= 0.3 is 5.97 Å². The Morgan fingerprint density at radius 3 is 2.59 bits per heavy atom. The fraction of sp³-hybridized carbons (Fsp3) is 0.586. The second kappa shape index (κ2) is 12.3. The third-order valence-electron chi connectivity index (χ3n) is 6.16. The smallest absolute Gasteiger partial charge is 0.306 e. The number of benzene rings is 1. The summed E-state index contributed by atoms with van der Waals surface area (Å²) in [6.07, 6.45) is 4.91. The average Bonchev–Trinajstić information content (AvgIpc) is 3.40. The zero-order chi connectivity index (χ0) is 26.4. The van der Waals surface area contributed by atoms with E-state index in [1.807, 2.05) is 39.0 Å². The van der Waals surface area contributed by atoms with E-state index in [0.29, 0.717) is 25.0 Å². The van der Waals surface area contributed by atoms with Crippen LogP contribution in [-0.4, -0.2) is 33.5 Å². The summed E-state index contributed by atoms with van der Waals surface area (Å²) in [6, 6.07) is 10.2. The predicted octanol–water partition coefficient (Wildman–Crippen LogP) is 7.08. The van der Waals surface area contributed by atoms with Crippen molar-refractivity contribution >= 4 is 17.3 Å². The van der Waals surface area contributed by atoms with Crippen LogP contribution in [0.1, 0.15) is 100 Å². The molecule has 0 unspecified atom stereocenters. The first-order chi connectivity index (χ1) is 17.7. The van der Waals surface area contributed by atoms with Crippen LogP contribution in [-0.2, 0) is 27.3 Å². The highest BCUT2D eigenvalue weighted by Gasteiger charge is 2.37. The highest BCUT2D eigenvalue weighted by atomic mass is 32.1. The molecule has 1 atom stereocenters. The summed E-state index contributed by atoms with van der Waals surface area (Å²) < 4.78 is 17.5. The molecule has 0 radical (unpaired) electrons. The minimum atomic E-state index is -0.534. The lowest BCUT2D eigenvalue weighted by molar-refractivity contribution is -0.155. The fourth-order valence-electron chi connectivity index (χ4n) is 4.42. The number of hydrogen-bond acceptors (Lipinski definition) is 8. The van der Waals surface area contributed by atoms with Gasteiger partial charge < -0.3 is 14.0 Å². The van der Waals surface area contributed by atoms with Gasteiger partial charge in [0.2, 0.25) is 5.76 Å². The molecule has 2 heterocycles. The Morgan fingerprint density at radius 2 is 1.92 bits per heavy atom. The molecule has 4 rings (SSSR count). The van der Waals surface area contributed by atoms with Crippen LogP contribution in [0.15, 0.2) is 34.9 Å². The van der Waals surface area contributed by atoms with Crippen LogP contribution >= 0.6 is 11.3 Å². The first-order valence-electron chi connectivity index (χ1n) is 13.4. The van der Waals surface area contributed by atoms with Gasteiger partial charge in [-0.2, -0.15) is 0 Å². The zero-order valence-corrected chi connectivity index (χ0v) is 23.5. The van der Waals surface area contributed by atoms with Crippen molar-refractivity contribution in [2.24, 2.45) is 5.92 Å². The lowest BCUT2D eigenvalue weighted by Crippen LogP contribution is -2.25. The molecule has 0 amide bonds. The monoisotopic (exact) mass is 525 g/mol. The summed E-state index contributed by atoms with van der Waals surface area (Å²) in [6.45, 7) is 11.2. The van der Waals surface area contributed by atoms with Gasteiger partial charge in [-0.3, -0.25) is 4.79 Å². The van der Waals surface area contributed by atoms with Crippen LogP contribution in [0, 0.1) is 5.92 Å². The number of rotatable bonds is 13. The molecule has 1 saturated carbocycles.